The number of aryl methyl sites for hydroxylation is 1. The molecule has 1 atom stereocenters. The Bertz CT molecular complexity index is 302. The van der Waals surface area contributed by atoms with Crippen LogP contribution in [0.15, 0.2) is 12.4 Å². The molecule has 1 saturated carbocycles. The molecular weight excluding hydrogens is 186 g/mol. The fourth-order valence-corrected chi connectivity index (χ4v) is 1.89. The molecule has 0 aromatic carbocycles. The van der Waals surface area contributed by atoms with Crippen molar-refractivity contribution < 1.29 is 0 Å². The molecule has 1 aromatic heterocycles. The smallest absolute Gasteiger partial charge is 0.108 e. The van der Waals surface area contributed by atoms with Gasteiger partial charge in [-0.2, -0.15) is 0 Å². The van der Waals surface area contributed by atoms with Gasteiger partial charge in [-0.3, -0.25) is 0 Å². The van der Waals surface area contributed by atoms with Crippen molar-refractivity contribution >= 4 is 0 Å². The fourth-order valence-electron chi connectivity index (χ4n) is 1.89. The summed E-state index contributed by atoms with van der Waals surface area (Å²) < 4.78 is 2.30. The Morgan fingerprint density at radius 1 is 1.60 bits per heavy atom. The van der Waals surface area contributed by atoms with Crippen molar-refractivity contribution in [3.63, 3.8) is 0 Å². The fraction of sp³-hybridized carbons (Fsp3) is 0.750. The highest BCUT2D eigenvalue weighted by Gasteiger charge is 2.21. The van der Waals surface area contributed by atoms with Gasteiger partial charge in [-0.05, 0) is 26.2 Å². The molecule has 3 heteroatoms. The quantitative estimate of drug-likeness (QED) is 0.774. The van der Waals surface area contributed by atoms with Gasteiger partial charge in [0.25, 0.3) is 0 Å². The first-order chi connectivity index (χ1) is 7.31. The molecular formula is C12H21N3. The number of rotatable bonds is 6. The molecule has 2 rings (SSSR count). The average molecular weight is 207 g/mol. The highest BCUT2D eigenvalue weighted by Crippen LogP contribution is 2.19. The largest absolute Gasteiger partial charge is 0.331 e. The Morgan fingerprint density at radius 2 is 2.40 bits per heavy atom. The number of aromatic nitrogens is 2. The van der Waals surface area contributed by atoms with Crippen molar-refractivity contribution in [3.05, 3.63) is 18.2 Å². The molecule has 1 aliphatic carbocycles. The van der Waals surface area contributed by atoms with Crippen LogP contribution in [0.1, 0.15) is 45.0 Å². The van der Waals surface area contributed by atoms with E-state index in [0.717, 1.165) is 19.0 Å². The molecule has 0 radical (unpaired) electrons. The minimum absolute atomic E-state index is 0.523. The normalized spacial score (nSPS) is 18.0. The van der Waals surface area contributed by atoms with Gasteiger partial charge in [0.15, 0.2) is 0 Å². The van der Waals surface area contributed by atoms with Gasteiger partial charge in [-0.1, -0.05) is 6.92 Å². The van der Waals surface area contributed by atoms with E-state index in [2.05, 4.69) is 34.9 Å². The van der Waals surface area contributed by atoms with Gasteiger partial charge in [0.1, 0.15) is 5.82 Å². The lowest BCUT2D eigenvalue weighted by Crippen LogP contribution is -2.25. The van der Waals surface area contributed by atoms with E-state index in [0.29, 0.717) is 6.04 Å². The zero-order chi connectivity index (χ0) is 10.7. The topological polar surface area (TPSA) is 29.9 Å². The van der Waals surface area contributed by atoms with Gasteiger partial charge in [0.2, 0.25) is 0 Å². The van der Waals surface area contributed by atoms with Crippen LogP contribution >= 0.6 is 0 Å². The van der Waals surface area contributed by atoms with E-state index >= 15 is 0 Å². The van der Waals surface area contributed by atoms with E-state index in [4.69, 9.17) is 0 Å². The number of nitrogens with one attached hydrogen (secondary N) is 1. The van der Waals surface area contributed by atoms with Crippen molar-refractivity contribution in [2.24, 2.45) is 0 Å². The molecule has 1 heterocycles. The Morgan fingerprint density at radius 3 is 3.07 bits per heavy atom. The monoisotopic (exact) mass is 207 g/mol. The molecule has 0 amide bonds. The maximum absolute atomic E-state index is 4.40. The minimum Gasteiger partial charge on any atom is -0.331 e. The van der Waals surface area contributed by atoms with Crippen LogP contribution in [0, 0.1) is 0 Å². The molecule has 1 unspecified atom stereocenters. The van der Waals surface area contributed by atoms with Crippen LogP contribution in [0.4, 0.5) is 0 Å². The molecule has 3 nitrogen and oxygen atoms in total. The lowest BCUT2D eigenvalue weighted by Gasteiger charge is -2.16. The minimum atomic E-state index is 0.523. The van der Waals surface area contributed by atoms with Crippen LogP contribution in [0.5, 0.6) is 0 Å². The highest BCUT2D eigenvalue weighted by molar-refractivity contribution is 4.95. The lowest BCUT2D eigenvalue weighted by molar-refractivity contribution is 0.475. The van der Waals surface area contributed by atoms with Crippen LogP contribution in [0.3, 0.4) is 0 Å². The zero-order valence-electron chi connectivity index (χ0n) is 9.74. The molecule has 15 heavy (non-hydrogen) atoms. The second-order valence-electron chi connectivity index (χ2n) is 4.53. The maximum Gasteiger partial charge on any atom is 0.108 e. The number of hydrogen-bond donors (Lipinski definition) is 1. The third kappa shape index (κ3) is 2.81. The summed E-state index contributed by atoms with van der Waals surface area (Å²) in [6.07, 6.45) is 8.99. The van der Waals surface area contributed by atoms with E-state index < -0.39 is 0 Å². The van der Waals surface area contributed by atoms with E-state index in [-0.39, 0.29) is 0 Å². The van der Waals surface area contributed by atoms with Gasteiger partial charge >= 0.3 is 0 Å². The SMILES string of the molecule is CCCc1nccn1C(C)CNC1CC1. The van der Waals surface area contributed by atoms with Gasteiger partial charge in [-0.15, -0.1) is 0 Å². The summed E-state index contributed by atoms with van der Waals surface area (Å²) in [5.41, 5.74) is 0. The Hall–Kier alpha value is -0.830. The first kappa shape index (κ1) is 10.7. The van der Waals surface area contributed by atoms with Crippen LogP contribution in [-0.2, 0) is 6.42 Å². The third-order valence-electron chi connectivity index (χ3n) is 2.98. The Labute approximate surface area is 91.9 Å². The summed E-state index contributed by atoms with van der Waals surface area (Å²) in [5.74, 6) is 1.22. The molecule has 0 bridgehead atoms. The number of imidazole rings is 1. The molecule has 0 aliphatic heterocycles. The second-order valence-corrected chi connectivity index (χ2v) is 4.53. The molecule has 84 valence electrons. The summed E-state index contributed by atoms with van der Waals surface area (Å²) in [4.78, 5) is 4.40. The molecule has 1 N–H and O–H groups in total. The summed E-state index contributed by atoms with van der Waals surface area (Å²) >= 11 is 0. The van der Waals surface area contributed by atoms with Crippen LogP contribution in [-0.4, -0.2) is 22.1 Å². The predicted octanol–water partition coefficient (Wildman–Crippen LogP) is 2.15. The molecule has 0 spiro atoms. The van der Waals surface area contributed by atoms with E-state index in [9.17, 15) is 0 Å². The van der Waals surface area contributed by atoms with Crippen LogP contribution in [0.2, 0.25) is 0 Å². The first-order valence-electron chi connectivity index (χ1n) is 6.06. The zero-order valence-corrected chi connectivity index (χ0v) is 9.74. The standard InChI is InChI=1S/C12H21N3/c1-3-4-12-13-7-8-15(12)10(2)9-14-11-5-6-11/h7-8,10-11,14H,3-6,9H2,1-2H3. The van der Waals surface area contributed by atoms with E-state index in [1.807, 2.05) is 6.20 Å². The molecule has 1 fully saturated rings. The lowest BCUT2D eigenvalue weighted by atomic mass is 10.2. The van der Waals surface area contributed by atoms with Crippen molar-refractivity contribution in [1.29, 1.82) is 0 Å². The summed E-state index contributed by atoms with van der Waals surface area (Å²) in [6.45, 7) is 5.53. The van der Waals surface area contributed by atoms with Gasteiger partial charge < -0.3 is 9.88 Å². The van der Waals surface area contributed by atoms with Gasteiger partial charge in [0.05, 0.1) is 0 Å². The van der Waals surface area contributed by atoms with Crippen LogP contribution < -0.4 is 5.32 Å². The molecule has 0 saturated heterocycles. The average Bonchev–Trinajstić information content (AvgIpc) is 2.95. The number of hydrogen-bond acceptors (Lipinski definition) is 2. The summed E-state index contributed by atoms with van der Waals surface area (Å²) in [5, 5.41) is 3.57. The second kappa shape index (κ2) is 4.79. The Kier molecular flexibility index (Phi) is 3.41. The number of nitrogens with zero attached hydrogens (tertiary/aromatic N) is 2. The maximum atomic E-state index is 4.40. The van der Waals surface area contributed by atoms with E-state index in [1.54, 1.807) is 0 Å². The van der Waals surface area contributed by atoms with Crippen molar-refractivity contribution in [2.75, 3.05) is 6.54 Å². The Balaban J connectivity index is 1.90. The van der Waals surface area contributed by atoms with Gasteiger partial charge in [-0.25, -0.2) is 4.98 Å². The third-order valence-corrected chi connectivity index (χ3v) is 2.98. The first-order valence-corrected chi connectivity index (χ1v) is 6.06. The predicted molar refractivity (Wildman–Crippen MR) is 62.0 cm³/mol. The van der Waals surface area contributed by atoms with Gasteiger partial charge in [0, 0.05) is 37.4 Å². The molecule has 1 aromatic rings. The summed E-state index contributed by atoms with van der Waals surface area (Å²) in [7, 11) is 0. The van der Waals surface area contributed by atoms with Crippen molar-refractivity contribution in [2.45, 2.75) is 51.6 Å². The van der Waals surface area contributed by atoms with E-state index in [1.165, 1.54) is 25.1 Å². The van der Waals surface area contributed by atoms with Crippen molar-refractivity contribution in [3.8, 4) is 0 Å². The highest BCUT2D eigenvalue weighted by atomic mass is 15.1. The summed E-state index contributed by atoms with van der Waals surface area (Å²) in [6, 6.07) is 1.32. The van der Waals surface area contributed by atoms with Crippen molar-refractivity contribution in [1.82, 2.24) is 14.9 Å². The molecule has 1 aliphatic rings. The van der Waals surface area contributed by atoms with Crippen LogP contribution in [0.25, 0.3) is 0 Å².